The van der Waals surface area contributed by atoms with E-state index in [-0.39, 0.29) is 159 Å². The maximum atomic E-state index is 7.33. The molecule has 0 saturated heterocycles. The molecule has 0 saturated carbocycles. The normalized spacial score (nSPS) is 6.67. The van der Waals surface area contributed by atoms with Crippen LogP contribution in [0.3, 0.4) is 0 Å². The number of rotatable bonds is 0. The second-order valence-electron chi connectivity index (χ2n) is 0.600. The fourth-order valence-electron chi connectivity index (χ4n) is 0. The Hall–Kier alpha value is 5.32. The summed E-state index contributed by atoms with van der Waals surface area (Å²) in [5.41, 5.74) is 0. The Kier molecular flexibility index (Phi) is 51.3. The molecule has 0 bridgehead atoms. The van der Waals surface area contributed by atoms with Crippen molar-refractivity contribution in [3.63, 3.8) is 0 Å². The Labute approximate surface area is 181 Å². The van der Waals surface area contributed by atoms with Crippen molar-refractivity contribution in [1.29, 1.82) is 0 Å². The SMILES string of the molecule is O[Si](O)(O)O.[CaH2].[CaH2].[CaH2].[SrH2]. The molecule has 0 aliphatic carbocycles. The van der Waals surface area contributed by atoms with Gasteiger partial charge in [0.05, 0.1) is 0 Å². The van der Waals surface area contributed by atoms with Crippen molar-refractivity contribution in [2.24, 2.45) is 0 Å². The van der Waals surface area contributed by atoms with Crippen LogP contribution in [-0.4, -0.2) is 187 Å². The minimum absolute atomic E-state index is 0. The molecule has 0 aliphatic rings. The average Bonchev–Trinajstić information content (AvgIpc) is 0.722. The summed E-state index contributed by atoms with van der Waals surface area (Å²) in [5, 5.41) is 0. The molecule has 0 heterocycles. The zero-order chi connectivity index (χ0) is 4.50. The van der Waals surface area contributed by atoms with Crippen LogP contribution in [0.1, 0.15) is 0 Å². The van der Waals surface area contributed by atoms with E-state index in [1.807, 2.05) is 0 Å². The van der Waals surface area contributed by atoms with Crippen LogP contribution in [0.25, 0.3) is 0 Å². The molecule has 0 unspecified atom stereocenters. The van der Waals surface area contributed by atoms with Gasteiger partial charge in [0.1, 0.15) is 0 Å². The van der Waals surface area contributed by atoms with Gasteiger partial charge >= 0.3 is 168 Å². The molecule has 0 atom stereocenters. The van der Waals surface area contributed by atoms with E-state index in [2.05, 4.69) is 0 Å². The van der Waals surface area contributed by atoms with Gasteiger partial charge in [-0.15, -0.1) is 0 Å². The van der Waals surface area contributed by atoms with Crippen LogP contribution in [0.15, 0.2) is 0 Å². The molecule has 0 rings (SSSR count). The predicted molar refractivity (Wildman–Crippen MR) is 48.8 cm³/mol. The van der Waals surface area contributed by atoms with Gasteiger partial charge in [-0.2, -0.15) is 0 Å². The Morgan fingerprint density at radius 1 is 0.667 bits per heavy atom. The van der Waals surface area contributed by atoms with Gasteiger partial charge in [-0.25, -0.2) is 0 Å². The van der Waals surface area contributed by atoms with Crippen molar-refractivity contribution in [3.8, 4) is 0 Å². The second kappa shape index (κ2) is 15.8. The standard InChI is InChI=1S/3Ca.H4O4Si.Sr.8H/c;;;1-5(2,3)4;;;;;;;;;/h;;;1-4H;;;;;;;;;. The first-order chi connectivity index (χ1) is 2.00. The molecule has 0 aromatic carbocycles. The fraction of sp³-hybridized carbons (Fsp3) is 0. The van der Waals surface area contributed by atoms with E-state index in [0.29, 0.717) is 0 Å². The van der Waals surface area contributed by atoms with Crippen LogP contribution in [0, 0.1) is 0 Å². The van der Waals surface area contributed by atoms with Gasteiger partial charge in [0, 0.05) is 0 Å². The quantitative estimate of drug-likeness (QED) is 0.336. The summed E-state index contributed by atoms with van der Waals surface area (Å²) in [6.45, 7) is 0. The first-order valence-corrected chi connectivity index (χ1v) is 2.68. The number of hydrogen-bond acceptors (Lipinski definition) is 4. The molecule has 4 nitrogen and oxygen atoms in total. The molecular weight excluding hydrogens is 300 g/mol. The Morgan fingerprint density at radius 3 is 0.667 bits per heavy atom. The van der Waals surface area contributed by atoms with Crippen molar-refractivity contribution < 1.29 is 19.2 Å². The average molecular weight is 312 g/mol. The molecule has 0 spiro atoms. The van der Waals surface area contributed by atoms with E-state index in [9.17, 15) is 0 Å². The molecule has 0 radical (unpaired) electrons. The molecule has 0 aromatic heterocycles. The fourth-order valence-corrected chi connectivity index (χ4v) is 0. The summed E-state index contributed by atoms with van der Waals surface area (Å²) in [7, 11) is -4.61. The summed E-state index contributed by atoms with van der Waals surface area (Å²) in [6.07, 6.45) is 0. The van der Waals surface area contributed by atoms with E-state index in [1.165, 1.54) is 0 Å². The van der Waals surface area contributed by atoms with Crippen LogP contribution in [-0.2, 0) is 0 Å². The summed E-state index contributed by atoms with van der Waals surface area (Å²) >= 11 is 0. The van der Waals surface area contributed by atoms with Crippen LogP contribution in [0.2, 0.25) is 0 Å². The third-order valence-corrected chi connectivity index (χ3v) is 0. The van der Waals surface area contributed by atoms with Gasteiger partial charge in [0.2, 0.25) is 0 Å². The Morgan fingerprint density at radius 2 is 0.667 bits per heavy atom. The van der Waals surface area contributed by atoms with Crippen molar-refractivity contribution >= 4 is 168 Å². The van der Waals surface area contributed by atoms with Gasteiger partial charge in [0.15, 0.2) is 0 Å². The molecule has 0 amide bonds. The van der Waals surface area contributed by atoms with Crippen LogP contribution in [0.4, 0.5) is 0 Å². The third-order valence-electron chi connectivity index (χ3n) is 0. The van der Waals surface area contributed by atoms with Gasteiger partial charge in [-0.1, -0.05) is 0 Å². The van der Waals surface area contributed by atoms with Crippen molar-refractivity contribution in [3.05, 3.63) is 0 Å². The second-order valence-corrected chi connectivity index (χ2v) is 1.80. The first kappa shape index (κ1) is 29.2. The van der Waals surface area contributed by atoms with Crippen molar-refractivity contribution in [1.82, 2.24) is 0 Å². The predicted octanol–water partition coefficient (Wildman–Crippen LogP) is -6.27. The molecule has 0 fully saturated rings. The summed E-state index contributed by atoms with van der Waals surface area (Å²) in [5.74, 6) is 0. The number of hydrogen-bond donors (Lipinski definition) is 4. The Balaban J connectivity index is -0.0000000133. The van der Waals surface area contributed by atoms with E-state index >= 15 is 0 Å². The molecule has 0 aliphatic heterocycles. The summed E-state index contributed by atoms with van der Waals surface area (Å²) < 4.78 is 0. The van der Waals surface area contributed by atoms with Crippen LogP contribution >= 0.6 is 0 Å². The van der Waals surface area contributed by atoms with E-state index in [1.54, 1.807) is 0 Å². The van der Waals surface area contributed by atoms with Crippen LogP contribution < -0.4 is 0 Å². The zero-order valence-corrected chi connectivity index (χ0v) is 3.29. The topological polar surface area (TPSA) is 80.9 Å². The molecule has 9 heteroatoms. The van der Waals surface area contributed by atoms with Crippen molar-refractivity contribution in [2.75, 3.05) is 0 Å². The van der Waals surface area contributed by atoms with Gasteiger partial charge < -0.3 is 19.2 Å². The first-order valence-electron chi connectivity index (χ1n) is 0.894. The molecule has 4 N–H and O–H groups in total. The van der Waals surface area contributed by atoms with E-state index in [4.69, 9.17) is 19.2 Å². The minimum atomic E-state index is -4.61. The maximum absolute atomic E-state index is 7.33. The third kappa shape index (κ3) is 60.3. The molecule has 9 heavy (non-hydrogen) atoms. The van der Waals surface area contributed by atoms with Crippen LogP contribution in [0.5, 0.6) is 0 Å². The molecule has 0 aromatic rings. The van der Waals surface area contributed by atoms with E-state index < -0.39 is 9.05 Å². The molecule has 48 valence electrons. The van der Waals surface area contributed by atoms with E-state index in [0.717, 1.165) is 0 Å². The zero-order valence-electron chi connectivity index (χ0n) is 2.29. The van der Waals surface area contributed by atoms with Gasteiger partial charge in [-0.3, -0.25) is 0 Å². The van der Waals surface area contributed by atoms with Gasteiger partial charge in [0.25, 0.3) is 0 Å². The summed E-state index contributed by atoms with van der Waals surface area (Å²) in [6, 6.07) is 0. The van der Waals surface area contributed by atoms with Gasteiger partial charge in [-0.05, 0) is 0 Å². The monoisotopic (exact) mass is 312 g/mol. The molecular formula is H12Ca3O4SiSr. The van der Waals surface area contributed by atoms with Crippen molar-refractivity contribution in [2.45, 2.75) is 0 Å². The Bertz CT molecular complexity index is 31.3. The summed E-state index contributed by atoms with van der Waals surface area (Å²) in [4.78, 5) is 29.3.